The molecule has 0 spiro atoms. The quantitative estimate of drug-likeness (QED) is 0.573. The molecule has 1 aromatic carbocycles. The third-order valence-corrected chi connectivity index (χ3v) is 6.10. The van der Waals surface area contributed by atoms with E-state index < -0.39 is 5.82 Å². The maximum Gasteiger partial charge on any atom is 0.198 e. The van der Waals surface area contributed by atoms with Gasteiger partial charge in [-0.15, -0.1) is 0 Å². The lowest BCUT2D eigenvalue weighted by molar-refractivity contribution is 0.163. The molecule has 0 amide bonds. The van der Waals surface area contributed by atoms with Crippen molar-refractivity contribution in [2.24, 2.45) is 16.1 Å². The van der Waals surface area contributed by atoms with Crippen LogP contribution in [0.4, 0.5) is 10.1 Å². The van der Waals surface area contributed by atoms with Gasteiger partial charge < -0.3 is 20.9 Å². The summed E-state index contributed by atoms with van der Waals surface area (Å²) in [5.41, 5.74) is 6.56. The van der Waals surface area contributed by atoms with Crippen molar-refractivity contribution in [2.75, 3.05) is 44.6 Å². The van der Waals surface area contributed by atoms with Gasteiger partial charge in [0.1, 0.15) is 5.82 Å². The van der Waals surface area contributed by atoms with E-state index >= 15 is 0 Å². The van der Waals surface area contributed by atoms with Crippen LogP contribution in [0.2, 0.25) is 5.02 Å². The maximum absolute atomic E-state index is 13.5. The molecule has 0 radical (unpaired) electrons. The summed E-state index contributed by atoms with van der Waals surface area (Å²) in [5, 5.41) is 3.48. The van der Waals surface area contributed by atoms with Crippen LogP contribution in [-0.4, -0.2) is 61.1 Å². The molecule has 0 aromatic heterocycles. The molecule has 2 aliphatic rings. The number of guanidine groups is 1. The summed E-state index contributed by atoms with van der Waals surface area (Å²) in [6.45, 7) is 9.84. The van der Waals surface area contributed by atoms with Gasteiger partial charge in [-0.1, -0.05) is 25.4 Å². The molecule has 156 valence electrons. The number of piperidine rings is 1. The van der Waals surface area contributed by atoms with Crippen LogP contribution in [0.5, 0.6) is 0 Å². The number of anilines is 1. The van der Waals surface area contributed by atoms with Gasteiger partial charge in [-0.05, 0) is 68.9 Å². The number of hydrogen-bond acceptors (Lipinski definition) is 3. The second-order valence-electron chi connectivity index (χ2n) is 8.72. The highest BCUT2D eigenvalue weighted by Crippen LogP contribution is 2.24. The molecule has 0 bridgehead atoms. The Kier molecular flexibility index (Phi) is 7.18. The third-order valence-electron chi connectivity index (χ3n) is 5.81. The van der Waals surface area contributed by atoms with E-state index in [-0.39, 0.29) is 10.4 Å². The zero-order valence-corrected chi connectivity index (χ0v) is 17.8. The van der Waals surface area contributed by atoms with Crippen LogP contribution in [0.25, 0.3) is 0 Å². The fraction of sp³-hybridized carbons (Fsp3) is 0.667. The summed E-state index contributed by atoms with van der Waals surface area (Å²) in [4.78, 5) is 9.80. The first-order valence-electron chi connectivity index (χ1n) is 10.3. The van der Waals surface area contributed by atoms with Crippen LogP contribution in [0.1, 0.15) is 39.5 Å². The Hall–Kier alpha value is -1.37. The van der Waals surface area contributed by atoms with Crippen molar-refractivity contribution >= 4 is 23.2 Å². The summed E-state index contributed by atoms with van der Waals surface area (Å²) in [6, 6.07) is 5.37. The maximum atomic E-state index is 13.5. The smallest absolute Gasteiger partial charge is 0.198 e. The van der Waals surface area contributed by atoms with E-state index in [0.717, 1.165) is 37.6 Å². The Morgan fingerprint density at radius 2 is 1.93 bits per heavy atom. The number of rotatable bonds is 5. The van der Waals surface area contributed by atoms with Crippen molar-refractivity contribution < 1.29 is 4.39 Å². The summed E-state index contributed by atoms with van der Waals surface area (Å²) in [5.74, 6) is 0.408. The molecule has 28 heavy (non-hydrogen) atoms. The van der Waals surface area contributed by atoms with E-state index in [1.807, 2.05) is 0 Å². The molecule has 2 saturated heterocycles. The highest BCUT2D eigenvalue weighted by Gasteiger charge is 2.28. The summed E-state index contributed by atoms with van der Waals surface area (Å²) < 4.78 is 13.5. The van der Waals surface area contributed by atoms with Crippen LogP contribution in [0, 0.1) is 11.2 Å². The van der Waals surface area contributed by atoms with Crippen molar-refractivity contribution in [2.45, 2.75) is 45.6 Å². The molecular weight excluding hydrogens is 377 g/mol. The first-order chi connectivity index (χ1) is 13.4. The number of aliphatic imine (C=N–C) groups is 1. The fourth-order valence-electron chi connectivity index (χ4n) is 3.82. The van der Waals surface area contributed by atoms with Crippen molar-refractivity contribution in [1.82, 2.24) is 9.80 Å². The standard InChI is InChI=1S/C21H33ClFN5/c1-21(2,14-24)15-25-20(26-16-5-6-19(23)18(22)13-16)28-11-7-17(8-12-28)27-9-3-4-10-27/h5-6,13,17H,3-4,7-12,14-15,24H2,1-2H3,(H,25,26). The lowest BCUT2D eigenvalue weighted by Crippen LogP contribution is -2.48. The molecular formula is C21H33ClFN5. The van der Waals surface area contributed by atoms with Gasteiger partial charge in [0.2, 0.25) is 0 Å². The average molecular weight is 410 g/mol. The van der Waals surface area contributed by atoms with Crippen LogP contribution in [0.3, 0.4) is 0 Å². The van der Waals surface area contributed by atoms with Crippen molar-refractivity contribution in [3.63, 3.8) is 0 Å². The molecule has 0 atom stereocenters. The minimum atomic E-state index is -0.415. The Bertz CT molecular complexity index is 679. The average Bonchev–Trinajstić information content (AvgIpc) is 3.23. The SMILES string of the molecule is CC(C)(CN)CN=C(Nc1ccc(F)c(Cl)c1)N1CCC(N2CCCC2)CC1. The number of nitrogens with one attached hydrogen (secondary N) is 1. The molecule has 5 nitrogen and oxygen atoms in total. The molecule has 3 N–H and O–H groups in total. The lowest BCUT2D eigenvalue weighted by atomic mass is 9.94. The number of likely N-dealkylation sites (tertiary alicyclic amines) is 2. The molecule has 0 saturated carbocycles. The number of benzene rings is 1. The van der Waals surface area contributed by atoms with E-state index in [0.29, 0.717) is 19.1 Å². The number of nitrogens with two attached hydrogens (primary N) is 1. The van der Waals surface area contributed by atoms with Gasteiger partial charge in [0, 0.05) is 31.4 Å². The normalized spacial score (nSPS) is 20.0. The van der Waals surface area contributed by atoms with Crippen molar-refractivity contribution in [3.8, 4) is 0 Å². The topological polar surface area (TPSA) is 56.9 Å². The highest BCUT2D eigenvalue weighted by atomic mass is 35.5. The second kappa shape index (κ2) is 9.42. The zero-order chi connectivity index (χ0) is 20.1. The summed E-state index contributed by atoms with van der Waals surface area (Å²) in [7, 11) is 0. The first-order valence-corrected chi connectivity index (χ1v) is 10.7. The lowest BCUT2D eigenvalue weighted by Gasteiger charge is -2.38. The van der Waals surface area contributed by atoms with Crippen LogP contribution < -0.4 is 11.1 Å². The van der Waals surface area contributed by atoms with Gasteiger partial charge >= 0.3 is 0 Å². The molecule has 0 unspecified atom stereocenters. The minimum Gasteiger partial charge on any atom is -0.343 e. The van der Waals surface area contributed by atoms with Gasteiger partial charge in [0.05, 0.1) is 5.02 Å². The predicted molar refractivity (Wildman–Crippen MR) is 116 cm³/mol. The van der Waals surface area contributed by atoms with E-state index in [1.165, 1.54) is 32.0 Å². The molecule has 7 heteroatoms. The van der Waals surface area contributed by atoms with Crippen molar-refractivity contribution in [3.05, 3.63) is 29.0 Å². The number of nitrogens with zero attached hydrogens (tertiary/aromatic N) is 3. The molecule has 2 fully saturated rings. The van der Waals surface area contributed by atoms with Crippen LogP contribution in [-0.2, 0) is 0 Å². The van der Waals surface area contributed by atoms with Crippen molar-refractivity contribution in [1.29, 1.82) is 0 Å². The van der Waals surface area contributed by atoms with Gasteiger partial charge in [0.15, 0.2) is 5.96 Å². The van der Waals surface area contributed by atoms with Gasteiger partial charge in [-0.2, -0.15) is 0 Å². The Morgan fingerprint density at radius 3 is 2.54 bits per heavy atom. The van der Waals surface area contributed by atoms with Crippen LogP contribution in [0.15, 0.2) is 23.2 Å². The zero-order valence-electron chi connectivity index (χ0n) is 17.1. The second-order valence-corrected chi connectivity index (χ2v) is 9.13. The highest BCUT2D eigenvalue weighted by molar-refractivity contribution is 6.31. The Morgan fingerprint density at radius 1 is 1.25 bits per heavy atom. The molecule has 1 aromatic rings. The Balaban J connectivity index is 1.70. The number of halogens is 2. The molecule has 0 aliphatic carbocycles. The third kappa shape index (κ3) is 5.58. The predicted octanol–water partition coefficient (Wildman–Crippen LogP) is 3.79. The molecule has 2 aliphatic heterocycles. The summed E-state index contributed by atoms with van der Waals surface area (Å²) >= 11 is 5.96. The van der Waals surface area contributed by atoms with E-state index in [9.17, 15) is 4.39 Å². The summed E-state index contributed by atoms with van der Waals surface area (Å²) in [6.07, 6.45) is 4.94. The molecule has 3 rings (SSSR count). The largest absolute Gasteiger partial charge is 0.343 e. The van der Waals surface area contributed by atoms with Gasteiger partial charge in [-0.3, -0.25) is 4.99 Å². The Labute approximate surface area is 173 Å². The monoisotopic (exact) mass is 409 g/mol. The van der Waals surface area contributed by atoms with E-state index in [4.69, 9.17) is 22.3 Å². The fourth-order valence-corrected chi connectivity index (χ4v) is 4.01. The van der Waals surface area contributed by atoms with E-state index in [2.05, 4.69) is 29.0 Å². The van der Waals surface area contributed by atoms with Crippen LogP contribution >= 0.6 is 11.6 Å². The van der Waals surface area contributed by atoms with E-state index in [1.54, 1.807) is 12.1 Å². The minimum absolute atomic E-state index is 0.0682. The van der Waals surface area contributed by atoms with Gasteiger partial charge in [-0.25, -0.2) is 4.39 Å². The number of hydrogen-bond donors (Lipinski definition) is 2. The van der Waals surface area contributed by atoms with Gasteiger partial charge in [0.25, 0.3) is 0 Å². The first kappa shape index (κ1) is 21.3. The molecule has 2 heterocycles.